The fourth-order valence-corrected chi connectivity index (χ4v) is 4.27. The SMILES string of the molecule is CCc1ccc(C2CC(=O)Nc3nc(SCc4cccc(F)c4)[nH]c(=O)c32)cc1. The largest absolute Gasteiger partial charge is 0.310 e. The normalized spacial score (nSPS) is 15.7. The Morgan fingerprint density at radius 2 is 1.93 bits per heavy atom. The number of amides is 1. The number of aryl methyl sites for hydroxylation is 1. The number of rotatable bonds is 5. The van der Waals surface area contributed by atoms with Crippen molar-refractivity contribution in [3.05, 3.63) is 87.0 Å². The minimum atomic E-state index is -0.330. The van der Waals surface area contributed by atoms with E-state index in [2.05, 4.69) is 22.2 Å². The summed E-state index contributed by atoms with van der Waals surface area (Å²) < 4.78 is 13.3. The molecule has 0 radical (unpaired) electrons. The standard InChI is InChI=1S/C22H20FN3O2S/c1-2-13-6-8-15(9-7-13)17-11-18(27)24-20-19(17)21(28)26-22(25-20)29-12-14-4-3-5-16(23)10-14/h3-10,17H,2,11-12H2,1H3,(H2,24,25,26,27,28). The maximum atomic E-state index is 13.3. The lowest BCUT2D eigenvalue weighted by Crippen LogP contribution is -2.31. The minimum absolute atomic E-state index is 0.166. The van der Waals surface area contributed by atoms with E-state index in [0.29, 0.717) is 22.3 Å². The quantitative estimate of drug-likeness (QED) is 0.488. The van der Waals surface area contributed by atoms with Crippen LogP contribution in [0, 0.1) is 5.82 Å². The van der Waals surface area contributed by atoms with Gasteiger partial charge in [-0.05, 0) is 35.2 Å². The molecule has 1 atom stereocenters. The number of halogens is 1. The van der Waals surface area contributed by atoms with Crippen LogP contribution in [0.25, 0.3) is 0 Å². The van der Waals surface area contributed by atoms with E-state index in [4.69, 9.17) is 0 Å². The topological polar surface area (TPSA) is 74.8 Å². The van der Waals surface area contributed by atoms with Crippen molar-refractivity contribution in [2.45, 2.75) is 36.6 Å². The zero-order valence-electron chi connectivity index (χ0n) is 15.9. The van der Waals surface area contributed by atoms with E-state index in [-0.39, 0.29) is 29.6 Å². The molecule has 29 heavy (non-hydrogen) atoms. The summed E-state index contributed by atoms with van der Waals surface area (Å²) in [6.45, 7) is 2.08. The highest BCUT2D eigenvalue weighted by Crippen LogP contribution is 2.34. The van der Waals surface area contributed by atoms with Crippen LogP contribution in [0.4, 0.5) is 10.2 Å². The van der Waals surface area contributed by atoms with Gasteiger partial charge in [0.25, 0.3) is 5.56 Å². The number of aromatic amines is 1. The molecule has 148 valence electrons. The zero-order valence-corrected chi connectivity index (χ0v) is 16.7. The molecule has 0 fully saturated rings. The highest BCUT2D eigenvalue weighted by molar-refractivity contribution is 7.98. The third kappa shape index (κ3) is 4.24. The lowest BCUT2D eigenvalue weighted by Gasteiger charge is -2.24. The second kappa shape index (κ2) is 8.21. The van der Waals surface area contributed by atoms with Crippen molar-refractivity contribution >= 4 is 23.5 Å². The zero-order chi connectivity index (χ0) is 20.4. The van der Waals surface area contributed by atoms with Crippen molar-refractivity contribution in [1.29, 1.82) is 0 Å². The second-order valence-corrected chi connectivity index (χ2v) is 7.92. The van der Waals surface area contributed by atoms with E-state index >= 15 is 0 Å². The van der Waals surface area contributed by atoms with E-state index < -0.39 is 0 Å². The van der Waals surface area contributed by atoms with Gasteiger partial charge in [-0.25, -0.2) is 9.37 Å². The average molecular weight is 409 g/mol. The Bertz CT molecular complexity index is 1110. The molecule has 1 aromatic heterocycles. The molecule has 2 N–H and O–H groups in total. The van der Waals surface area contributed by atoms with Gasteiger partial charge in [-0.2, -0.15) is 0 Å². The Morgan fingerprint density at radius 1 is 1.14 bits per heavy atom. The molecular weight excluding hydrogens is 389 g/mol. The van der Waals surface area contributed by atoms with Crippen LogP contribution in [-0.4, -0.2) is 15.9 Å². The van der Waals surface area contributed by atoms with Gasteiger partial charge in [-0.15, -0.1) is 0 Å². The highest BCUT2D eigenvalue weighted by Gasteiger charge is 2.30. The van der Waals surface area contributed by atoms with E-state index in [1.54, 1.807) is 6.07 Å². The lowest BCUT2D eigenvalue weighted by atomic mass is 9.86. The van der Waals surface area contributed by atoms with Crippen molar-refractivity contribution in [2.75, 3.05) is 5.32 Å². The van der Waals surface area contributed by atoms with Crippen LogP contribution in [-0.2, 0) is 17.0 Å². The molecular formula is C22H20FN3O2S. The first kappa shape index (κ1) is 19.4. The maximum absolute atomic E-state index is 13.3. The number of benzene rings is 2. The fourth-order valence-electron chi connectivity index (χ4n) is 3.47. The molecule has 1 aliphatic heterocycles. The molecule has 0 bridgehead atoms. The van der Waals surface area contributed by atoms with E-state index in [9.17, 15) is 14.0 Å². The molecule has 7 heteroatoms. The molecule has 4 rings (SSSR count). The molecule has 0 aliphatic carbocycles. The first-order valence-corrected chi connectivity index (χ1v) is 10.4. The molecule has 3 aromatic rings. The number of fused-ring (bicyclic) bond motifs is 1. The molecule has 1 aliphatic rings. The fraction of sp³-hybridized carbons (Fsp3) is 0.227. The third-order valence-corrected chi connectivity index (χ3v) is 5.93. The molecule has 0 saturated heterocycles. The van der Waals surface area contributed by atoms with Crippen molar-refractivity contribution in [3.8, 4) is 0 Å². The summed E-state index contributed by atoms with van der Waals surface area (Å²) in [5.74, 6) is -0.0464. The molecule has 2 aromatic carbocycles. The summed E-state index contributed by atoms with van der Waals surface area (Å²) in [5, 5.41) is 3.12. The number of anilines is 1. The number of aromatic nitrogens is 2. The van der Waals surface area contributed by atoms with Crippen LogP contribution in [0.2, 0.25) is 0 Å². The number of nitrogens with zero attached hydrogens (tertiary/aromatic N) is 1. The third-order valence-electron chi connectivity index (χ3n) is 4.98. The summed E-state index contributed by atoms with van der Waals surface area (Å²) in [7, 11) is 0. The van der Waals surface area contributed by atoms with Crippen molar-refractivity contribution < 1.29 is 9.18 Å². The molecule has 0 saturated carbocycles. The van der Waals surface area contributed by atoms with E-state index in [1.807, 2.05) is 30.3 Å². The first-order chi connectivity index (χ1) is 14.0. The number of H-pyrrole nitrogens is 1. The van der Waals surface area contributed by atoms with Crippen LogP contribution < -0.4 is 10.9 Å². The Hall–Kier alpha value is -2.93. The molecule has 1 unspecified atom stereocenters. The summed E-state index contributed by atoms with van der Waals surface area (Å²) in [5.41, 5.74) is 3.12. The number of hydrogen-bond acceptors (Lipinski definition) is 4. The van der Waals surface area contributed by atoms with Crippen LogP contribution >= 0.6 is 11.8 Å². The van der Waals surface area contributed by atoms with Gasteiger partial charge in [-0.1, -0.05) is 55.1 Å². The predicted octanol–water partition coefficient (Wildman–Crippen LogP) is 4.24. The van der Waals surface area contributed by atoms with E-state index in [1.165, 1.54) is 29.5 Å². The number of hydrogen-bond donors (Lipinski definition) is 2. The molecule has 5 nitrogen and oxygen atoms in total. The van der Waals surface area contributed by atoms with Gasteiger partial charge < -0.3 is 10.3 Å². The minimum Gasteiger partial charge on any atom is -0.310 e. The number of nitrogens with one attached hydrogen (secondary N) is 2. The Morgan fingerprint density at radius 3 is 2.66 bits per heavy atom. The maximum Gasteiger partial charge on any atom is 0.257 e. The number of carbonyl (C=O) groups is 1. The van der Waals surface area contributed by atoms with Gasteiger partial charge in [0, 0.05) is 18.1 Å². The van der Waals surface area contributed by atoms with Gasteiger partial charge in [0.1, 0.15) is 11.6 Å². The smallest absolute Gasteiger partial charge is 0.257 e. The van der Waals surface area contributed by atoms with Gasteiger partial charge in [0.05, 0.1) is 5.56 Å². The predicted molar refractivity (Wildman–Crippen MR) is 112 cm³/mol. The Balaban J connectivity index is 1.63. The van der Waals surface area contributed by atoms with Gasteiger partial charge in [-0.3, -0.25) is 9.59 Å². The molecule has 0 spiro atoms. The van der Waals surface area contributed by atoms with Gasteiger partial charge in [0.2, 0.25) is 5.91 Å². The highest BCUT2D eigenvalue weighted by atomic mass is 32.2. The molecule has 2 heterocycles. The monoisotopic (exact) mass is 409 g/mol. The lowest BCUT2D eigenvalue weighted by molar-refractivity contribution is -0.116. The Kier molecular flexibility index (Phi) is 5.49. The van der Waals surface area contributed by atoms with Crippen molar-refractivity contribution in [2.24, 2.45) is 0 Å². The summed E-state index contributed by atoms with van der Waals surface area (Å²) >= 11 is 1.29. The number of carbonyl (C=O) groups excluding carboxylic acids is 1. The van der Waals surface area contributed by atoms with Crippen molar-refractivity contribution in [3.63, 3.8) is 0 Å². The van der Waals surface area contributed by atoms with Crippen LogP contribution in [0.1, 0.15) is 41.5 Å². The second-order valence-electron chi connectivity index (χ2n) is 6.95. The van der Waals surface area contributed by atoms with Crippen LogP contribution in [0.5, 0.6) is 0 Å². The van der Waals surface area contributed by atoms with E-state index in [0.717, 1.165) is 17.5 Å². The molecule has 1 amide bonds. The Labute approximate surface area is 171 Å². The summed E-state index contributed by atoms with van der Waals surface area (Å²) in [6.07, 6.45) is 1.13. The van der Waals surface area contributed by atoms with Crippen molar-refractivity contribution in [1.82, 2.24) is 9.97 Å². The summed E-state index contributed by atoms with van der Waals surface area (Å²) in [4.78, 5) is 32.4. The van der Waals surface area contributed by atoms with Gasteiger partial charge >= 0.3 is 0 Å². The first-order valence-electron chi connectivity index (χ1n) is 9.43. The average Bonchev–Trinajstić information content (AvgIpc) is 2.71. The van der Waals surface area contributed by atoms with Crippen LogP contribution in [0.15, 0.2) is 58.5 Å². The number of thioether (sulfide) groups is 1. The van der Waals surface area contributed by atoms with Crippen LogP contribution in [0.3, 0.4) is 0 Å². The van der Waals surface area contributed by atoms with Gasteiger partial charge in [0.15, 0.2) is 5.16 Å². The summed E-state index contributed by atoms with van der Waals surface area (Å²) in [6, 6.07) is 14.3.